The molecule has 6 nitrogen and oxygen atoms in total. The Bertz CT molecular complexity index is 611. The minimum absolute atomic E-state index is 0.0234. The van der Waals surface area contributed by atoms with Crippen LogP contribution >= 0.6 is 0 Å². The van der Waals surface area contributed by atoms with E-state index in [1.807, 2.05) is 0 Å². The van der Waals surface area contributed by atoms with Gasteiger partial charge in [-0.1, -0.05) is 12.1 Å². The highest BCUT2D eigenvalue weighted by Gasteiger charge is 2.36. The van der Waals surface area contributed by atoms with Crippen LogP contribution in [0.2, 0.25) is 0 Å². The number of nitrogens with zero attached hydrogens (tertiary/aromatic N) is 1. The Morgan fingerprint density at radius 2 is 1.91 bits per heavy atom. The molecule has 2 heterocycles. The maximum atomic E-state index is 12.5. The van der Waals surface area contributed by atoms with Crippen molar-refractivity contribution in [2.24, 2.45) is 5.92 Å². The van der Waals surface area contributed by atoms with Crippen LogP contribution in [0.4, 0.5) is 4.79 Å². The summed E-state index contributed by atoms with van der Waals surface area (Å²) >= 11 is 0. The fraction of sp³-hybridized carbons (Fsp3) is 0.438. The van der Waals surface area contributed by atoms with Gasteiger partial charge in [0.25, 0.3) is 5.91 Å². The number of cyclic esters (lactones) is 1. The number of Topliss-reactive ketones (excluding diaryl/α,β-unsaturated/α-hetero) is 1. The van der Waals surface area contributed by atoms with E-state index in [-0.39, 0.29) is 23.7 Å². The lowest BCUT2D eigenvalue weighted by Crippen LogP contribution is -2.58. The summed E-state index contributed by atoms with van der Waals surface area (Å²) < 4.78 is 4.98. The van der Waals surface area contributed by atoms with E-state index in [1.165, 1.54) is 6.92 Å². The second-order valence-corrected chi connectivity index (χ2v) is 5.78. The van der Waals surface area contributed by atoms with Crippen LogP contribution in [0.3, 0.4) is 0 Å². The van der Waals surface area contributed by atoms with Gasteiger partial charge < -0.3 is 15.0 Å². The lowest BCUT2D eigenvalue weighted by atomic mass is 9.91. The Hall–Kier alpha value is -2.37. The van der Waals surface area contributed by atoms with Gasteiger partial charge in [0.05, 0.1) is 12.6 Å². The Morgan fingerprint density at radius 3 is 2.59 bits per heavy atom. The average molecular weight is 302 g/mol. The summed E-state index contributed by atoms with van der Waals surface area (Å²) in [7, 11) is 0. The number of piperidine rings is 1. The lowest BCUT2D eigenvalue weighted by Gasteiger charge is -2.40. The number of hydrogen-bond acceptors (Lipinski definition) is 4. The minimum atomic E-state index is -0.415. The Balaban J connectivity index is 1.69. The summed E-state index contributed by atoms with van der Waals surface area (Å²) in [5.41, 5.74) is 1.15. The molecule has 116 valence electrons. The molecule has 2 amide bonds. The molecule has 3 rings (SSSR count). The molecule has 0 aliphatic carbocycles. The Morgan fingerprint density at radius 1 is 1.23 bits per heavy atom. The summed E-state index contributed by atoms with van der Waals surface area (Å²) in [6, 6.07) is 6.63. The maximum Gasteiger partial charge on any atom is 0.407 e. The van der Waals surface area contributed by atoms with E-state index in [1.54, 1.807) is 29.2 Å². The number of fused-ring (bicyclic) bond motifs is 1. The number of hydrogen-bond donors (Lipinski definition) is 1. The molecule has 0 radical (unpaired) electrons. The molecule has 2 saturated heterocycles. The predicted molar refractivity (Wildman–Crippen MR) is 78.7 cm³/mol. The standard InChI is InChI=1S/C16H18N2O4/c1-10(19)11-2-4-12(5-3-11)15(20)18-7-6-13-9-22-16(21)17-14(13)8-18/h2-5,13-14H,6-9H2,1H3,(H,17,21)/t13-,14+/m1/s1. The van der Waals surface area contributed by atoms with Gasteiger partial charge in [-0.25, -0.2) is 4.79 Å². The van der Waals surface area contributed by atoms with E-state index >= 15 is 0 Å². The first-order chi connectivity index (χ1) is 10.5. The third kappa shape index (κ3) is 2.81. The molecule has 1 N–H and O–H groups in total. The molecular formula is C16H18N2O4. The average Bonchev–Trinajstić information content (AvgIpc) is 2.53. The zero-order valence-electron chi connectivity index (χ0n) is 12.4. The van der Waals surface area contributed by atoms with Crippen molar-refractivity contribution >= 4 is 17.8 Å². The molecule has 2 aliphatic heterocycles. The highest BCUT2D eigenvalue weighted by atomic mass is 16.6. The van der Waals surface area contributed by atoms with Crippen molar-refractivity contribution in [3.05, 3.63) is 35.4 Å². The predicted octanol–water partition coefficient (Wildman–Crippen LogP) is 1.46. The Labute approximate surface area is 128 Å². The number of likely N-dealkylation sites (tertiary alicyclic amines) is 1. The molecule has 0 spiro atoms. The quantitative estimate of drug-likeness (QED) is 0.839. The van der Waals surface area contributed by atoms with Crippen LogP contribution < -0.4 is 5.32 Å². The number of ketones is 1. The minimum Gasteiger partial charge on any atom is -0.449 e. The van der Waals surface area contributed by atoms with Gasteiger partial charge in [-0.05, 0) is 25.5 Å². The number of rotatable bonds is 2. The summed E-state index contributed by atoms with van der Waals surface area (Å²) in [5, 5.41) is 2.78. The first kappa shape index (κ1) is 14.6. The first-order valence-electron chi connectivity index (χ1n) is 7.38. The van der Waals surface area contributed by atoms with E-state index in [0.29, 0.717) is 30.8 Å². The molecular weight excluding hydrogens is 284 g/mol. The molecule has 6 heteroatoms. The summed E-state index contributed by atoms with van der Waals surface area (Å²) in [4.78, 5) is 36.8. The summed E-state index contributed by atoms with van der Waals surface area (Å²) in [5.74, 6) is 0.167. The van der Waals surface area contributed by atoms with E-state index in [2.05, 4.69) is 5.32 Å². The summed E-state index contributed by atoms with van der Waals surface area (Å²) in [6.07, 6.45) is 0.392. The third-order valence-corrected chi connectivity index (χ3v) is 4.31. The number of nitrogens with one attached hydrogen (secondary N) is 1. The van der Waals surface area contributed by atoms with Crippen molar-refractivity contribution in [1.82, 2.24) is 10.2 Å². The number of alkyl carbamates (subject to hydrolysis) is 1. The molecule has 2 fully saturated rings. The molecule has 2 aliphatic rings. The second-order valence-electron chi connectivity index (χ2n) is 5.78. The number of carbonyl (C=O) groups is 3. The van der Waals surface area contributed by atoms with Gasteiger partial charge in [0, 0.05) is 30.1 Å². The van der Waals surface area contributed by atoms with E-state index < -0.39 is 6.09 Å². The van der Waals surface area contributed by atoms with Gasteiger partial charge in [-0.3, -0.25) is 9.59 Å². The Kier molecular flexibility index (Phi) is 3.83. The maximum absolute atomic E-state index is 12.5. The number of carbonyl (C=O) groups excluding carboxylic acids is 3. The van der Waals surface area contributed by atoms with E-state index in [4.69, 9.17) is 4.74 Å². The van der Waals surface area contributed by atoms with Gasteiger partial charge >= 0.3 is 6.09 Å². The summed E-state index contributed by atoms with van der Waals surface area (Å²) in [6.45, 7) is 3.06. The van der Waals surface area contributed by atoms with Crippen molar-refractivity contribution in [2.75, 3.05) is 19.7 Å². The molecule has 0 bridgehead atoms. The van der Waals surface area contributed by atoms with Gasteiger partial charge in [-0.2, -0.15) is 0 Å². The van der Waals surface area contributed by atoms with Crippen LogP contribution in [0, 0.1) is 5.92 Å². The van der Waals surface area contributed by atoms with Gasteiger partial charge in [0.15, 0.2) is 5.78 Å². The second kappa shape index (κ2) is 5.79. The fourth-order valence-corrected chi connectivity index (χ4v) is 2.95. The zero-order chi connectivity index (χ0) is 15.7. The van der Waals surface area contributed by atoms with Crippen LogP contribution in [0.1, 0.15) is 34.1 Å². The van der Waals surface area contributed by atoms with Gasteiger partial charge in [0.2, 0.25) is 0 Å². The monoisotopic (exact) mass is 302 g/mol. The van der Waals surface area contributed by atoms with Crippen molar-refractivity contribution < 1.29 is 19.1 Å². The number of ether oxygens (including phenoxy) is 1. The highest BCUT2D eigenvalue weighted by molar-refractivity contribution is 5.97. The van der Waals surface area contributed by atoms with Gasteiger partial charge in [0.1, 0.15) is 0 Å². The van der Waals surface area contributed by atoms with E-state index in [0.717, 1.165) is 6.42 Å². The smallest absolute Gasteiger partial charge is 0.407 e. The fourth-order valence-electron chi connectivity index (χ4n) is 2.95. The zero-order valence-corrected chi connectivity index (χ0v) is 12.4. The van der Waals surface area contributed by atoms with Crippen molar-refractivity contribution in [3.63, 3.8) is 0 Å². The largest absolute Gasteiger partial charge is 0.449 e. The lowest BCUT2D eigenvalue weighted by molar-refractivity contribution is 0.0337. The number of amides is 2. The number of benzene rings is 1. The van der Waals surface area contributed by atoms with Crippen molar-refractivity contribution in [3.8, 4) is 0 Å². The van der Waals surface area contributed by atoms with Crippen molar-refractivity contribution in [2.45, 2.75) is 19.4 Å². The molecule has 0 saturated carbocycles. The van der Waals surface area contributed by atoms with Crippen LogP contribution in [-0.4, -0.2) is 48.4 Å². The molecule has 22 heavy (non-hydrogen) atoms. The molecule has 1 aromatic rings. The van der Waals surface area contributed by atoms with Crippen LogP contribution in [0.25, 0.3) is 0 Å². The first-order valence-corrected chi connectivity index (χ1v) is 7.38. The van der Waals surface area contributed by atoms with Crippen LogP contribution in [0.5, 0.6) is 0 Å². The van der Waals surface area contributed by atoms with Crippen molar-refractivity contribution in [1.29, 1.82) is 0 Å². The van der Waals surface area contributed by atoms with Crippen LogP contribution in [-0.2, 0) is 4.74 Å². The SMILES string of the molecule is CC(=O)c1ccc(C(=O)N2CC[C@@H]3COC(=O)N[C@H]3C2)cc1. The molecule has 2 atom stereocenters. The van der Waals surface area contributed by atoms with Crippen LogP contribution in [0.15, 0.2) is 24.3 Å². The van der Waals surface area contributed by atoms with Gasteiger partial charge in [-0.15, -0.1) is 0 Å². The topological polar surface area (TPSA) is 75.7 Å². The third-order valence-electron chi connectivity index (χ3n) is 4.31. The molecule has 1 aromatic carbocycles. The molecule has 0 unspecified atom stereocenters. The van der Waals surface area contributed by atoms with E-state index in [9.17, 15) is 14.4 Å². The molecule has 0 aromatic heterocycles. The highest BCUT2D eigenvalue weighted by Crippen LogP contribution is 2.23. The normalized spacial score (nSPS) is 24.0.